The highest BCUT2D eigenvalue weighted by Gasteiger charge is 2.62. The zero-order chi connectivity index (χ0) is 21.0. The minimum Gasteiger partial charge on any atom is -0.423 e. The van der Waals surface area contributed by atoms with Crippen molar-refractivity contribution in [3.8, 4) is 6.07 Å². The maximum absolute atomic E-state index is 13.3. The van der Waals surface area contributed by atoms with E-state index in [4.69, 9.17) is 16.0 Å². The molecule has 2 saturated carbocycles. The Labute approximate surface area is 180 Å². The van der Waals surface area contributed by atoms with Gasteiger partial charge in [-0.25, -0.2) is 4.79 Å². The number of carbonyl (C=O) groups is 1. The number of nitrogens with one attached hydrogen (secondary N) is 1. The number of carbonyl (C=O) groups excluding carboxylic acids is 1. The third-order valence-electron chi connectivity index (χ3n) is 6.99. The highest BCUT2D eigenvalue weighted by molar-refractivity contribution is 6.31. The van der Waals surface area contributed by atoms with Gasteiger partial charge in [0.15, 0.2) is 0 Å². The zero-order valence-corrected chi connectivity index (χ0v) is 17.8. The first-order valence-corrected chi connectivity index (χ1v) is 10.9. The third kappa shape index (κ3) is 2.89. The smallest absolute Gasteiger partial charge is 0.322 e. The molecule has 0 spiro atoms. The van der Waals surface area contributed by atoms with E-state index in [1.54, 1.807) is 13.0 Å². The van der Waals surface area contributed by atoms with Gasteiger partial charge in [0.2, 0.25) is 11.8 Å². The summed E-state index contributed by atoms with van der Waals surface area (Å²) in [6.07, 6.45) is 4.48. The van der Waals surface area contributed by atoms with Gasteiger partial charge < -0.3 is 14.6 Å². The summed E-state index contributed by atoms with van der Waals surface area (Å²) in [5.74, 6) is 1.66. The van der Waals surface area contributed by atoms with Crippen molar-refractivity contribution >= 4 is 23.3 Å². The van der Waals surface area contributed by atoms with E-state index in [0.717, 1.165) is 37.7 Å². The lowest BCUT2D eigenvalue weighted by atomic mass is 9.64. The Morgan fingerprint density at radius 2 is 2.20 bits per heavy atom. The molecular weight excluding hydrogens is 402 g/mol. The van der Waals surface area contributed by atoms with Gasteiger partial charge in [0.1, 0.15) is 5.54 Å². The standard InChI is InChI=1S/C22H24ClN5O2/c1-12-7-16-10-22(9-12,20-27-26-13(2)30-20)28(16)21(29)25-15-4-6-19(23)18(8-15)17-5-3-14(17)11-24/h4,6,8,12,14,16-17H,3,5,7,9-10H2,1-2H3,(H,25,29)/t12?,14-,16?,17-,22?/m0/s1. The van der Waals surface area contributed by atoms with E-state index in [1.165, 1.54) is 0 Å². The van der Waals surface area contributed by atoms with Gasteiger partial charge in [-0.1, -0.05) is 18.5 Å². The lowest BCUT2D eigenvalue weighted by molar-refractivity contribution is -0.110. The number of fused-ring (bicyclic) bond motifs is 2. The third-order valence-corrected chi connectivity index (χ3v) is 7.33. The number of hydrogen-bond acceptors (Lipinski definition) is 5. The molecule has 2 bridgehead atoms. The fourth-order valence-electron chi connectivity index (χ4n) is 5.55. The second-order valence-electron chi connectivity index (χ2n) is 9.02. The van der Waals surface area contributed by atoms with Crippen molar-refractivity contribution in [1.82, 2.24) is 15.1 Å². The summed E-state index contributed by atoms with van der Waals surface area (Å²) in [6.45, 7) is 3.97. The molecule has 1 aromatic heterocycles. The fraction of sp³-hybridized carbons (Fsp3) is 0.545. The van der Waals surface area contributed by atoms with Crippen LogP contribution >= 0.6 is 11.6 Å². The molecule has 2 aliphatic carbocycles. The molecule has 5 atom stereocenters. The Balaban J connectivity index is 1.40. The van der Waals surface area contributed by atoms with Crippen molar-refractivity contribution in [1.29, 1.82) is 5.26 Å². The normalized spacial score (nSPS) is 32.0. The fourth-order valence-corrected chi connectivity index (χ4v) is 5.81. The predicted molar refractivity (Wildman–Crippen MR) is 111 cm³/mol. The zero-order valence-electron chi connectivity index (χ0n) is 17.1. The molecule has 30 heavy (non-hydrogen) atoms. The minimum absolute atomic E-state index is 0.00582. The Kier molecular flexibility index (Phi) is 4.51. The number of piperidine rings is 1. The summed E-state index contributed by atoms with van der Waals surface area (Å²) in [4.78, 5) is 15.2. The molecule has 1 aliphatic heterocycles. The lowest BCUT2D eigenvalue weighted by Crippen LogP contribution is -2.70. The monoisotopic (exact) mass is 425 g/mol. The Morgan fingerprint density at radius 3 is 2.87 bits per heavy atom. The summed E-state index contributed by atoms with van der Waals surface area (Å²) in [5, 5.41) is 21.2. The van der Waals surface area contributed by atoms with Crippen LogP contribution in [0.5, 0.6) is 0 Å². The van der Waals surface area contributed by atoms with Gasteiger partial charge in [-0.05, 0) is 55.4 Å². The number of halogens is 1. The molecule has 1 saturated heterocycles. The number of rotatable bonds is 3. The molecule has 8 heteroatoms. The molecular formula is C22H24ClN5O2. The molecule has 156 valence electrons. The first kappa shape index (κ1) is 19.4. The minimum atomic E-state index is -0.525. The molecule has 2 amide bonds. The average Bonchev–Trinajstić information content (AvgIpc) is 3.10. The van der Waals surface area contributed by atoms with Crippen LogP contribution in [-0.4, -0.2) is 27.2 Å². The molecule has 3 fully saturated rings. The average molecular weight is 426 g/mol. The Morgan fingerprint density at radius 1 is 1.37 bits per heavy atom. The van der Waals surface area contributed by atoms with Crippen LogP contribution in [0.25, 0.3) is 0 Å². The highest BCUT2D eigenvalue weighted by atomic mass is 35.5. The molecule has 2 heterocycles. The van der Waals surface area contributed by atoms with Crippen LogP contribution < -0.4 is 5.32 Å². The first-order chi connectivity index (χ1) is 14.4. The van der Waals surface area contributed by atoms with Crippen LogP contribution in [0.3, 0.4) is 0 Å². The van der Waals surface area contributed by atoms with E-state index in [-0.39, 0.29) is 23.9 Å². The molecule has 5 rings (SSSR count). The van der Waals surface area contributed by atoms with Crippen LogP contribution in [0.2, 0.25) is 5.02 Å². The lowest BCUT2D eigenvalue weighted by Gasteiger charge is -2.61. The second kappa shape index (κ2) is 6.98. The number of hydrogen-bond donors (Lipinski definition) is 1. The maximum atomic E-state index is 13.3. The summed E-state index contributed by atoms with van der Waals surface area (Å²) in [6, 6.07) is 7.89. The summed E-state index contributed by atoms with van der Waals surface area (Å²) in [7, 11) is 0. The van der Waals surface area contributed by atoms with Crippen LogP contribution in [0.4, 0.5) is 10.5 Å². The first-order valence-electron chi connectivity index (χ1n) is 10.5. The second-order valence-corrected chi connectivity index (χ2v) is 9.42. The van der Waals surface area contributed by atoms with Crippen molar-refractivity contribution in [2.45, 2.75) is 63.5 Å². The quantitative estimate of drug-likeness (QED) is 0.748. The van der Waals surface area contributed by atoms with Crippen molar-refractivity contribution in [2.75, 3.05) is 5.32 Å². The van der Waals surface area contributed by atoms with Gasteiger partial charge in [-0.2, -0.15) is 5.26 Å². The summed E-state index contributed by atoms with van der Waals surface area (Å²) >= 11 is 6.40. The van der Waals surface area contributed by atoms with Crippen molar-refractivity contribution < 1.29 is 9.21 Å². The van der Waals surface area contributed by atoms with Crippen molar-refractivity contribution in [2.24, 2.45) is 11.8 Å². The number of likely N-dealkylation sites (tertiary alicyclic amines) is 1. The van der Waals surface area contributed by atoms with Crippen LogP contribution in [0, 0.1) is 30.1 Å². The molecule has 7 nitrogen and oxygen atoms in total. The largest absolute Gasteiger partial charge is 0.423 e. The van der Waals surface area contributed by atoms with Gasteiger partial charge in [0.05, 0.1) is 12.0 Å². The maximum Gasteiger partial charge on any atom is 0.322 e. The molecule has 0 radical (unpaired) electrons. The number of nitrogens with zero attached hydrogens (tertiary/aromatic N) is 4. The van der Waals surface area contributed by atoms with Crippen molar-refractivity contribution in [3.63, 3.8) is 0 Å². The number of amides is 2. The Hall–Kier alpha value is -2.59. The molecule has 3 unspecified atom stereocenters. The summed E-state index contributed by atoms with van der Waals surface area (Å²) in [5.41, 5.74) is 1.10. The SMILES string of the molecule is Cc1nnc(C23CC(C)CC(C2)N3C(=O)Nc2ccc(Cl)c([C@H]3CC[C@H]3C#N)c2)o1. The van der Waals surface area contributed by atoms with E-state index >= 15 is 0 Å². The highest BCUT2D eigenvalue weighted by Crippen LogP contribution is 2.55. The predicted octanol–water partition coefficient (Wildman–Crippen LogP) is 4.98. The number of aromatic nitrogens is 2. The molecule has 3 aliphatic rings. The van der Waals surface area contributed by atoms with Gasteiger partial charge in [-0.3, -0.25) is 0 Å². The van der Waals surface area contributed by atoms with Crippen molar-refractivity contribution in [3.05, 3.63) is 40.6 Å². The van der Waals surface area contributed by atoms with Gasteiger partial charge in [0, 0.05) is 36.0 Å². The van der Waals surface area contributed by atoms with E-state index < -0.39 is 5.54 Å². The van der Waals surface area contributed by atoms with E-state index in [9.17, 15) is 10.1 Å². The van der Waals surface area contributed by atoms with Gasteiger partial charge in [-0.15, -0.1) is 10.2 Å². The summed E-state index contributed by atoms with van der Waals surface area (Å²) < 4.78 is 5.76. The Bertz CT molecular complexity index is 1050. The topological polar surface area (TPSA) is 95.0 Å². The van der Waals surface area contributed by atoms with E-state index in [2.05, 4.69) is 28.5 Å². The van der Waals surface area contributed by atoms with E-state index in [1.807, 2.05) is 17.0 Å². The molecule has 1 aromatic carbocycles. The number of urea groups is 1. The van der Waals surface area contributed by atoms with E-state index in [0.29, 0.717) is 28.4 Å². The van der Waals surface area contributed by atoms with Crippen LogP contribution in [-0.2, 0) is 5.54 Å². The van der Waals surface area contributed by atoms with Crippen LogP contribution in [0.15, 0.2) is 22.6 Å². The number of anilines is 1. The number of benzene rings is 1. The van der Waals surface area contributed by atoms with Gasteiger partial charge >= 0.3 is 6.03 Å². The van der Waals surface area contributed by atoms with Gasteiger partial charge in [0.25, 0.3) is 0 Å². The molecule has 2 aromatic rings. The number of aryl methyl sites for hydroxylation is 1. The molecule has 1 N–H and O–H groups in total. The number of nitriles is 1. The van der Waals surface area contributed by atoms with Crippen LogP contribution in [0.1, 0.15) is 62.3 Å².